The van der Waals surface area contributed by atoms with E-state index in [9.17, 15) is 5.11 Å². The number of hydrogen-bond acceptors (Lipinski definition) is 3. The van der Waals surface area contributed by atoms with Gasteiger partial charge < -0.3 is 15.3 Å². The molecule has 0 fully saturated rings. The molecule has 6 heteroatoms. The van der Waals surface area contributed by atoms with Crippen LogP contribution < -0.4 is 10.2 Å². The molecule has 0 aliphatic rings. The van der Waals surface area contributed by atoms with Crippen LogP contribution in [0.2, 0.25) is 10.0 Å². The number of benzene rings is 1. The van der Waals surface area contributed by atoms with Crippen LogP contribution in [0.3, 0.4) is 0 Å². The summed E-state index contributed by atoms with van der Waals surface area (Å²) in [6, 6.07) is 8.89. The lowest BCUT2D eigenvalue weighted by Crippen LogP contribution is -2.30. The van der Waals surface area contributed by atoms with E-state index >= 15 is 0 Å². The number of rotatable bonds is 6. The Labute approximate surface area is 121 Å². The highest BCUT2D eigenvalue weighted by atomic mass is 35.5. The van der Waals surface area contributed by atoms with Crippen LogP contribution in [-0.2, 0) is 0 Å². The summed E-state index contributed by atoms with van der Waals surface area (Å²) in [5.41, 5.74) is 3.01. The summed E-state index contributed by atoms with van der Waals surface area (Å²) in [7, 11) is 0. The number of nitrogens with one attached hydrogen (secondary N) is 1. The molecule has 1 atom stereocenters. The highest BCUT2D eigenvalue weighted by Crippen LogP contribution is 2.32. The zero-order chi connectivity index (χ0) is 13.7. The Morgan fingerprint density at radius 2 is 1.79 bits per heavy atom. The number of aliphatic hydroxyl groups excluding tert-OH is 1. The van der Waals surface area contributed by atoms with Crippen LogP contribution in [0.1, 0.15) is 0 Å². The average Bonchev–Trinajstić information content (AvgIpc) is 2.89. The van der Waals surface area contributed by atoms with Crippen molar-refractivity contribution in [1.82, 2.24) is 4.68 Å². The number of hydrogen-bond donors (Lipinski definition) is 2. The quantitative estimate of drug-likeness (QED) is 0.862. The van der Waals surface area contributed by atoms with Crippen molar-refractivity contribution in [3.8, 4) is 5.75 Å². The van der Waals surface area contributed by atoms with E-state index in [0.29, 0.717) is 22.3 Å². The van der Waals surface area contributed by atoms with Gasteiger partial charge in [-0.25, -0.2) is 0 Å². The molecule has 1 heterocycles. The van der Waals surface area contributed by atoms with E-state index in [2.05, 4.69) is 5.43 Å². The maximum Gasteiger partial charge on any atom is 0.156 e. The van der Waals surface area contributed by atoms with E-state index in [1.54, 1.807) is 22.9 Å². The largest absolute Gasteiger partial charge is 0.488 e. The molecule has 0 bridgehead atoms. The number of ether oxygens (including phenoxy) is 1. The van der Waals surface area contributed by atoms with E-state index < -0.39 is 6.10 Å². The van der Waals surface area contributed by atoms with Crippen LogP contribution in [0.4, 0.5) is 0 Å². The lowest BCUT2D eigenvalue weighted by atomic mass is 10.3. The summed E-state index contributed by atoms with van der Waals surface area (Å²) in [6.07, 6.45) is 3.02. The smallest absolute Gasteiger partial charge is 0.156 e. The number of para-hydroxylation sites is 1. The second-order valence-electron chi connectivity index (χ2n) is 3.97. The van der Waals surface area contributed by atoms with Crippen LogP contribution in [0.15, 0.2) is 42.7 Å². The molecule has 0 aliphatic heterocycles. The van der Waals surface area contributed by atoms with Gasteiger partial charge in [0.2, 0.25) is 0 Å². The van der Waals surface area contributed by atoms with Crippen LogP contribution in [0, 0.1) is 0 Å². The second kappa shape index (κ2) is 6.70. The van der Waals surface area contributed by atoms with Gasteiger partial charge in [-0.2, -0.15) is 0 Å². The van der Waals surface area contributed by atoms with Crippen molar-refractivity contribution >= 4 is 23.2 Å². The van der Waals surface area contributed by atoms with Crippen LogP contribution in [0.25, 0.3) is 0 Å². The van der Waals surface area contributed by atoms with Crippen LogP contribution >= 0.6 is 23.2 Å². The Morgan fingerprint density at radius 1 is 1.16 bits per heavy atom. The molecule has 0 spiro atoms. The number of aromatic nitrogens is 1. The van der Waals surface area contributed by atoms with Gasteiger partial charge in [0.05, 0.1) is 16.6 Å². The first kappa shape index (κ1) is 14.1. The predicted octanol–water partition coefficient (Wildman–Crippen LogP) is 2.78. The SMILES string of the molecule is OC(CNn1cccc1)COc1c(Cl)cccc1Cl. The molecule has 4 nitrogen and oxygen atoms in total. The fourth-order valence-electron chi connectivity index (χ4n) is 1.51. The monoisotopic (exact) mass is 300 g/mol. The molecule has 1 aromatic carbocycles. The van der Waals surface area contributed by atoms with E-state index in [-0.39, 0.29) is 6.61 Å². The molecule has 0 radical (unpaired) electrons. The van der Waals surface area contributed by atoms with E-state index in [0.717, 1.165) is 0 Å². The number of aliphatic hydroxyl groups is 1. The van der Waals surface area contributed by atoms with Crippen molar-refractivity contribution in [3.05, 3.63) is 52.8 Å². The molecular weight excluding hydrogens is 287 g/mol. The second-order valence-corrected chi connectivity index (χ2v) is 4.78. The first-order chi connectivity index (χ1) is 9.16. The molecule has 1 unspecified atom stereocenters. The molecule has 0 aliphatic carbocycles. The van der Waals surface area contributed by atoms with Gasteiger partial charge in [0, 0.05) is 12.4 Å². The lowest BCUT2D eigenvalue weighted by molar-refractivity contribution is 0.115. The van der Waals surface area contributed by atoms with E-state index in [1.165, 1.54) is 0 Å². The third-order valence-electron chi connectivity index (χ3n) is 2.45. The van der Waals surface area contributed by atoms with E-state index in [4.69, 9.17) is 27.9 Å². The average molecular weight is 301 g/mol. The van der Waals surface area contributed by atoms with Crippen molar-refractivity contribution in [1.29, 1.82) is 0 Å². The Morgan fingerprint density at radius 3 is 2.42 bits per heavy atom. The maximum absolute atomic E-state index is 9.80. The topological polar surface area (TPSA) is 46.4 Å². The van der Waals surface area contributed by atoms with Gasteiger partial charge in [-0.1, -0.05) is 29.3 Å². The Kier molecular flexibility index (Phi) is 4.96. The normalized spacial score (nSPS) is 12.2. The van der Waals surface area contributed by atoms with Crippen molar-refractivity contribution in [2.45, 2.75) is 6.10 Å². The van der Waals surface area contributed by atoms with Crippen LogP contribution in [-0.4, -0.2) is 29.0 Å². The van der Waals surface area contributed by atoms with Gasteiger partial charge in [0.1, 0.15) is 12.7 Å². The molecule has 0 saturated carbocycles. The minimum atomic E-state index is -0.672. The molecular formula is C13H14Cl2N2O2. The Balaban J connectivity index is 1.81. The summed E-state index contributed by atoms with van der Waals surface area (Å²) in [5, 5.41) is 10.7. The van der Waals surface area contributed by atoms with Gasteiger partial charge in [-0.3, -0.25) is 4.68 Å². The van der Waals surface area contributed by atoms with Crippen LogP contribution in [0.5, 0.6) is 5.75 Å². The van der Waals surface area contributed by atoms with Gasteiger partial charge >= 0.3 is 0 Å². The summed E-state index contributed by atoms with van der Waals surface area (Å²) >= 11 is 11.9. The molecule has 2 aromatic rings. The zero-order valence-electron chi connectivity index (χ0n) is 10.1. The third kappa shape index (κ3) is 4.06. The summed E-state index contributed by atoms with van der Waals surface area (Å²) in [5.74, 6) is 0.394. The first-order valence-electron chi connectivity index (χ1n) is 5.78. The highest BCUT2D eigenvalue weighted by molar-refractivity contribution is 6.37. The number of nitrogens with zero attached hydrogens (tertiary/aromatic N) is 1. The molecule has 19 heavy (non-hydrogen) atoms. The van der Waals surface area contributed by atoms with Gasteiger partial charge in [0.25, 0.3) is 0 Å². The van der Waals surface area contributed by atoms with Crippen molar-refractivity contribution in [2.75, 3.05) is 18.6 Å². The molecule has 0 saturated heterocycles. The van der Waals surface area contributed by atoms with Crippen molar-refractivity contribution < 1.29 is 9.84 Å². The molecule has 1 aromatic heterocycles. The predicted molar refractivity (Wildman–Crippen MR) is 76.6 cm³/mol. The van der Waals surface area contributed by atoms with Crippen molar-refractivity contribution in [2.24, 2.45) is 0 Å². The van der Waals surface area contributed by atoms with Gasteiger partial charge in [-0.15, -0.1) is 0 Å². The molecule has 2 N–H and O–H groups in total. The Bertz CT molecular complexity index is 497. The molecule has 102 valence electrons. The minimum Gasteiger partial charge on any atom is -0.488 e. The summed E-state index contributed by atoms with van der Waals surface area (Å²) in [6.45, 7) is 0.467. The first-order valence-corrected chi connectivity index (χ1v) is 6.54. The zero-order valence-corrected chi connectivity index (χ0v) is 11.6. The number of halogens is 2. The molecule has 2 rings (SSSR count). The Hall–Kier alpha value is -1.36. The third-order valence-corrected chi connectivity index (χ3v) is 3.05. The molecule has 0 amide bonds. The van der Waals surface area contributed by atoms with Crippen molar-refractivity contribution in [3.63, 3.8) is 0 Å². The summed E-state index contributed by atoms with van der Waals surface area (Å²) in [4.78, 5) is 0. The highest BCUT2D eigenvalue weighted by Gasteiger charge is 2.10. The van der Waals surface area contributed by atoms with Gasteiger partial charge in [0.15, 0.2) is 5.75 Å². The minimum absolute atomic E-state index is 0.109. The van der Waals surface area contributed by atoms with E-state index in [1.807, 2.05) is 24.5 Å². The maximum atomic E-state index is 9.80. The summed E-state index contributed by atoms with van der Waals surface area (Å²) < 4.78 is 7.19. The fourth-order valence-corrected chi connectivity index (χ4v) is 2.02. The lowest BCUT2D eigenvalue weighted by Gasteiger charge is -2.15. The van der Waals surface area contributed by atoms with Gasteiger partial charge in [-0.05, 0) is 24.3 Å². The standard InChI is InChI=1S/C13H14Cl2N2O2/c14-11-4-3-5-12(15)13(11)19-9-10(18)8-16-17-6-1-2-7-17/h1-7,10,16,18H,8-9H2. The fraction of sp³-hybridized carbons (Fsp3) is 0.231.